The zero-order chi connectivity index (χ0) is 33.0. The van der Waals surface area contributed by atoms with Crippen LogP contribution in [-0.4, -0.2) is 61.5 Å². The van der Waals surface area contributed by atoms with Crippen molar-refractivity contribution in [2.24, 2.45) is 11.7 Å². The SMILES string of the molecule is CCc1cc(Nc2nccn3c(-c4cn(CC(F)F)nc4C(F)(F)F)cnc23)ccc1C(=O)NCCCNC(=O)[C@H]1CC[C@@H](N)C1. The van der Waals surface area contributed by atoms with E-state index in [0.29, 0.717) is 48.3 Å². The highest BCUT2D eigenvalue weighted by Gasteiger charge is 2.38. The number of anilines is 2. The minimum absolute atomic E-state index is 0.000535. The van der Waals surface area contributed by atoms with Crippen molar-refractivity contribution in [1.82, 2.24) is 34.8 Å². The van der Waals surface area contributed by atoms with Crippen LogP contribution in [0.15, 0.2) is 43.0 Å². The number of nitrogens with two attached hydrogens (primary N) is 1. The van der Waals surface area contributed by atoms with E-state index in [1.807, 2.05) is 6.92 Å². The fourth-order valence-electron chi connectivity index (χ4n) is 5.58. The average Bonchev–Trinajstić information content (AvgIpc) is 3.75. The van der Waals surface area contributed by atoms with Crippen molar-refractivity contribution >= 4 is 29.0 Å². The lowest BCUT2D eigenvalue weighted by Crippen LogP contribution is -2.33. The predicted octanol–water partition coefficient (Wildman–Crippen LogP) is 4.55. The molecule has 5 rings (SSSR count). The van der Waals surface area contributed by atoms with Crippen molar-refractivity contribution in [3.8, 4) is 11.3 Å². The first-order valence-electron chi connectivity index (χ1n) is 14.9. The van der Waals surface area contributed by atoms with Gasteiger partial charge in [-0.05, 0) is 55.9 Å². The van der Waals surface area contributed by atoms with E-state index >= 15 is 0 Å². The van der Waals surface area contributed by atoms with Gasteiger partial charge in [-0.1, -0.05) is 6.92 Å². The summed E-state index contributed by atoms with van der Waals surface area (Å²) in [4.78, 5) is 33.7. The van der Waals surface area contributed by atoms with Crippen LogP contribution in [0.3, 0.4) is 0 Å². The normalized spacial score (nSPS) is 16.7. The third-order valence-corrected chi connectivity index (χ3v) is 7.84. The Hall–Kier alpha value is -4.60. The van der Waals surface area contributed by atoms with Crippen LogP contribution in [0.5, 0.6) is 0 Å². The minimum Gasteiger partial charge on any atom is -0.356 e. The second kappa shape index (κ2) is 13.8. The van der Waals surface area contributed by atoms with Crippen molar-refractivity contribution < 1.29 is 31.5 Å². The van der Waals surface area contributed by atoms with E-state index in [1.165, 1.54) is 23.0 Å². The van der Waals surface area contributed by atoms with Crippen LogP contribution in [0.1, 0.15) is 54.2 Å². The van der Waals surface area contributed by atoms with E-state index in [-0.39, 0.29) is 40.9 Å². The molecule has 46 heavy (non-hydrogen) atoms. The maximum Gasteiger partial charge on any atom is 0.435 e. The molecule has 2 amide bonds. The number of fused-ring (bicyclic) bond motifs is 1. The van der Waals surface area contributed by atoms with Crippen LogP contribution in [0.25, 0.3) is 16.9 Å². The van der Waals surface area contributed by atoms with Gasteiger partial charge in [-0.2, -0.15) is 18.3 Å². The lowest BCUT2D eigenvalue weighted by Gasteiger charge is -2.13. The minimum atomic E-state index is -4.88. The van der Waals surface area contributed by atoms with E-state index in [0.717, 1.165) is 24.6 Å². The van der Waals surface area contributed by atoms with Crippen molar-refractivity contribution in [1.29, 1.82) is 0 Å². The zero-order valence-electron chi connectivity index (χ0n) is 25.0. The van der Waals surface area contributed by atoms with Crippen molar-refractivity contribution in [3.05, 3.63) is 59.8 Å². The maximum atomic E-state index is 13.7. The summed E-state index contributed by atoms with van der Waals surface area (Å²) in [5.41, 5.74) is 6.15. The van der Waals surface area contributed by atoms with Crippen LogP contribution in [-0.2, 0) is 23.9 Å². The Morgan fingerprint density at radius 1 is 1.13 bits per heavy atom. The van der Waals surface area contributed by atoms with Gasteiger partial charge in [-0.15, -0.1) is 0 Å². The van der Waals surface area contributed by atoms with Gasteiger partial charge in [0.15, 0.2) is 17.2 Å². The van der Waals surface area contributed by atoms with E-state index in [4.69, 9.17) is 5.73 Å². The molecular weight excluding hydrogens is 613 g/mol. The third-order valence-electron chi connectivity index (χ3n) is 7.84. The number of nitrogens with zero attached hydrogens (tertiary/aromatic N) is 5. The molecule has 5 N–H and O–H groups in total. The molecule has 1 fully saturated rings. The summed E-state index contributed by atoms with van der Waals surface area (Å²) in [6.07, 6.45) is 0.570. The summed E-state index contributed by atoms with van der Waals surface area (Å²) >= 11 is 0. The number of halogens is 5. The van der Waals surface area contributed by atoms with Gasteiger partial charge in [-0.25, -0.2) is 18.7 Å². The van der Waals surface area contributed by atoms with Gasteiger partial charge in [0, 0.05) is 54.9 Å². The van der Waals surface area contributed by atoms with Gasteiger partial charge in [-0.3, -0.25) is 18.7 Å². The monoisotopic (exact) mass is 647 g/mol. The molecular formula is C30H34F5N9O2. The summed E-state index contributed by atoms with van der Waals surface area (Å²) in [5.74, 6) is -0.0842. The number of alkyl halides is 5. The summed E-state index contributed by atoms with van der Waals surface area (Å²) in [5, 5.41) is 12.2. The Kier molecular flexibility index (Phi) is 9.84. The lowest BCUT2D eigenvalue weighted by atomic mass is 10.0. The van der Waals surface area contributed by atoms with Crippen molar-refractivity contribution in [2.45, 2.75) is 64.2 Å². The fourth-order valence-corrected chi connectivity index (χ4v) is 5.58. The molecule has 246 valence electrons. The first kappa shape index (κ1) is 32.8. The van der Waals surface area contributed by atoms with Gasteiger partial charge >= 0.3 is 6.18 Å². The number of hydrogen-bond donors (Lipinski definition) is 4. The fraction of sp³-hybridized carbons (Fsp3) is 0.433. The summed E-state index contributed by atoms with van der Waals surface area (Å²) in [7, 11) is 0. The Bertz CT molecular complexity index is 1700. The van der Waals surface area contributed by atoms with Gasteiger partial charge in [0.05, 0.1) is 17.5 Å². The maximum absolute atomic E-state index is 13.7. The molecule has 0 aliphatic heterocycles. The standard InChI is InChI=1S/C30H34F5N9O2/c1-2-17-13-20(6-7-21(17)29(46)39-9-3-8-38-28(45)18-4-5-19(36)12-18)41-26-27-40-14-23(44(27)11-10-37-26)22-15-43(16-24(31)32)42-25(22)30(33,34)35/h6-7,10-11,13-15,18-19,24H,2-5,8-9,12,16,36H2,1H3,(H,37,41)(H,38,45)(H,39,46)/t18-,19+/m0/s1. The summed E-state index contributed by atoms with van der Waals surface area (Å²) < 4.78 is 68.9. The van der Waals surface area contributed by atoms with Crippen LogP contribution in [0.2, 0.25) is 0 Å². The van der Waals surface area contributed by atoms with Crippen molar-refractivity contribution in [3.63, 3.8) is 0 Å². The van der Waals surface area contributed by atoms with Crippen LogP contribution < -0.4 is 21.7 Å². The molecule has 4 aromatic rings. The number of hydrogen-bond acceptors (Lipinski definition) is 7. The quantitative estimate of drug-likeness (QED) is 0.131. The average molecular weight is 648 g/mol. The Morgan fingerprint density at radius 2 is 1.91 bits per heavy atom. The molecule has 3 aromatic heterocycles. The zero-order valence-corrected chi connectivity index (χ0v) is 25.0. The van der Waals surface area contributed by atoms with Gasteiger partial charge in [0.1, 0.15) is 6.54 Å². The lowest BCUT2D eigenvalue weighted by molar-refractivity contribution is -0.141. The number of imidazole rings is 1. The molecule has 2 atom stereocenters. The number of aryl methyl sites for hydroxylation is 1. The molecule has 1 aliphatic rings. The van der Waals surface area contributed by atoms with E-state index in [1.54, 1.807) is 18.2 Å². The summed E-state index contributed by atoms with van der Waals surface area (Å²) in [6, 6.07) is 5.18. The van der Waals surface area contributed by atoms with E-state index in [2.05, 4.69) is 31.0 Å². The molecule has 0 saturated heterocycles. The molecule has 1 aliphatic carbocycles. The molecule has 0 unspecified atom stereocenters. The number of rotatable bonds is 12. The third kappa shape index (κ3) is 7.43. The predicted molar refractivity (Wildman–Crippen MR) is 160 cm³/mol. The molecule has 3 heterocycles. The number of benzene rings is 1. The molecule has 1 aromatic carbocycles. The largest absolute Gasteiger partial charge is 0.435 e. The Morgan fingerprint density at radius 3 is 2.61 bits per heavy atom. The first-order valence-corrected chi connectivity index (χ1v) is 14.9. The Labute approximate surface area is 260 Å². The number of carbonyl (C=O) groups is 2. The molecule has 11 nitrogen and oxygen atoms in total. The van der Waals surface area contributed by atoms with Gasteiger partial charge < -0.3 is 21.7 Å². The van der Waals surface area contributed by atoms with Gasteiger partial charge in [0.2, 0.25) is 5.91 Å². The highest BCUT2D eigenvalue weighted by molar-refractivity contribution is 5.96. The smallest absolute Gasteiger partial charge is 0.356 e. The van der Waals surface area contributed by atoms with E-state index < -0.39 is 30.4 Å². The molecule has 16 heteroatoms. The topological polar surface area (TPSA) is 144 Å². The van der Waals surface area contributed by atoms with Crippen molar-refractivity contribution in [2.75, 3.05) is 18.4 Å². The number of nitrogens with one attached hydrogen (secondary N) is 3. The van der Waals surface area contributed by atoms with Crippen LogP contribution >= 0.6 is 0 Å². The number of carbonyl (C=O) groups excluding carboxylic acids is 2. The first-order chi connectivity index (χ1) is 21.9. The van der Waals surface area contributed by atoms with Crippen LogP contribution in [0.4, 0.5) is 33.5 Å². The van der Waals surface area contributed by atoms with Gasteiger partial charge in [0.25, 0.3) is 12.3 Å². The second-order valence-corrected chi connectivity index (χ2v) is 11.1. The second-order valence-electron chi connectivity index (χ2n) is 11.1. The highest BCUT2D eigenvalue weighted by atomic mass is 19.4. The molecule has 0 spiro atoms. The number of amides is 2. The summed E-state index contributed by atoms with van der Waals surface area (Å²) in [6.45, 7) is 1.72. The Balaban J connectivity index is 1.26. The number of aromatic nitrogens is 5. The molecule has 0 radical (unpaired) electrons. The van der Waals surface area contributed by atoms with Crippen LogP contribution in [0, 0.1) is 5.92 Å². The molecule has 1 saturated carbocycles. The molecule has 0 bridgehead atoms. The highest BCUT2D eigenvalue weighted by Crippen LogP contribution is 2.37. The van der Waals surface area contributed by atoms with E-state index in [9.17, 15) is 31.5 Å².